The molecule has 2 rings (SSSR count). The second kappa shape index (κ2) is 5.99. The van der Waals surface area contributed by atoms with E-state index in [-0.39, 0.29) is 0 Å². The van der Waals surface area contributed by atoms with Gasteiger partial charge in [0.05, 0.1) is 12.2 Å². The van der Waals surface area contributed by atoms with E-state index >= 15 is 0 Å². The second-order valence-electron chi connectivity index (χ2n) is 4.03. The Morgan fingerprint density at radius 1 is 1.32 bits per heavy atom. The third kappa shape index (κ3) is 3.65. The van der Waals surface area contributed by atoms with E-state index in [1.54, 1.807) is 13.2 Å². The zero-order chi connectivity index (χ0) is 13.8. The number of hydrogen-bond acceptors (Lipinski definition) is 6. The maximum Gasteiger partial charge on any atom is 0.213 e. The van der Waals surface area contributed by atoms with Gasteiger partial charge in [-0.3, -0.25) is 0 Å². The Kier molecular flexibility index (Phi) is 4.34. The average molecular weight is 283 g/mol. The van der Waals surface area contributed by atoms with Crippen molar-refractivity contribution in [3.8, 4) is 0 Å². The molecule has 0 amide bonds. The first-order chi connectivity index (χ1) is 9.08. The van der Waals surface area contributed by atoms with Gasteiger partial charge in [-0.25, -0.2) is 15.0 Å². The minimum absolute atomic E-state index is 0.312. The molecular weight excluding hydrogens is 268 g/mol. The number of ether oxygens (including phenoxy) is 1. The summed E-state index contributed by atoms with van der Waals surface area (Å²) in [5, 5.41) is 3.46. The van der Waals surface area contributed by atoms with E-state index in [1.165, 1.54) is 0 Å². The van der Waals surface area contributed by atoms with Gasteiger partial charge in [0.1, 0.15) is 23.3 Å². The zero-order valence-electron chi connectivity index (χ0n) is 11.0. The highest BCUT2D eigenvalue weighted by atomic mass is 35.5. The maximum atomic E-state index is 5.91. The van der Waals surface area contributed by atoms with E-state index in [1.807, 2.05) is 13.8 Å². The first kappa shape index (κ1) is 13.8. The van der Waals surface area contributed by atoms with Crippen LogP contribution in [-0.4, -0.2) is 22.1 Å². The topological polar surface area (TPSA) is 73.1 Å². The van der Waals surface area contributed by atoms with Gasteiger partial charge in [-0.2, -0.15) is 0 Å². The molecule has 0 fully saturated rings. The third-order valence-electron chi connectivity index (χ3n) is 2.51. The molecule has 0 saturated heterocycles. The van der Waals surface area contributed by atoms with Crippen molar-refractivity contribution in [1.82, 2.24) is 15.0 Å². The first-order valence-electron chi connectivity index (χ1n) is 5.77. The van der Waals surface area contributed by atoms with Crippen molar-refractivity contribution in [2.24, 2.45) is 0 Å². The Morgan fingerprint density at radius 3 is 2.74 bits per heavy atom. The van der Waals surface area contributed by atoms with Gasteiger partial charge in [-0.05, 0) is 13.8 Å². The number of rotatable bonds is 5. The molecule has 0 aliphatic rings. The highest BCUT2D eigenvalue weighted by Gasteiger charge is 2.07. The largest absolute Gasteiger partial charge is 0.444 e. The maximum absolute atomic E-state index is 5.91. The number of oxazole rings is 1. The predicted octanol–water partition coefficient (Wildman–Crippen LogP) is 2.49. The molecule has 7 heteroatoms. The molecule has 2 aromatic rings. The van der Waals surface area contributed by atoms with Crippen LogP contribution < -0.4 is 5.32 Å². The Morgan fingerprint density at radius 2 is 2.11 bits per heavy atom. The summed E-state index contributed by atoms with van der Waals surface area (Å²) in [6.07, 6.45) is 0. The van der Waals surface area contributed by atoms with Crippen LogP contribution in [0.15, 0.2) is 10.5 Å². The van der Waals surface area contributed by atoms with Crippen LogP contribution >= 0.6 is 11.6 Å². The van der Waals surface area contributed by atoms with Gasteiger partial charge < -0.3 is 14.5 Å². The number of methoxy groups -OCH3 is 1. The summed E-state index contributed by atoms with van der Waals surface area (Å²) in [7, 11) is 1.58. The van der Waals surface area contributed by atoms with Gasteiger partial charge in [0.25, 0.3) is 0 Å². The number of nitrogens with zero attached hydrogens (tertiary/aromatic N) is 3. The smallest absolute Gasteiger partial charge is 0.213 e. The molecule has 0 saturated carbocycles. The highest BCUT2D eigenvalue weighted by molar-refractivity contribution is 6.29. The van der Waals surface area contributed by atoms with E-state index in [0.717, 1.165) is 11.5 Å². The Bertz CT molecular complexity index is 551. The highest BCUT2D eigenvalue weighted by Crippen LogP contribution is 2.14. The van der Waals surface area contributed by atoms with Crippen LogP contribution in [0.3, 0.4) is 0 Å². The summed E-state index contributed by atoms with van der Waals surface area (Å²) in [6.45, 7) is 4.53. The lowest BCUT2D eigenvalue weighted by atomic mass is 10.4. The van der Waals surface area contributed by atoms with Crippen LogP contribution in [0.1, 0.15) is 23.2 Å². The molecule has 0 spiro atoms. The lowest BCUT2D eigenvalue weighted by molar-refractivity contribution is 0.178. The third-order valence-corrected chi connectivity index (χ3v) is 2.70. The lowest BCUT2D eigenvalue weighted by Gasteiger charge is -2.05. The number of anilines is 1. The van der Waals surface area contributed by atoms with E-state index < -0.39 is 0 Å². The summed E-state index contributed by atoms with van der Waals surface area (Å²) >= 11 is 5.91. The molecular formula is C12H15ClN4O2. The van der Waals surface area contributed by atoms with Gasteiger partial charge >= 0.3 is 0 Å². The summed E-state index contributed by atoms with van der Waals surface area (Å²) in [6, 6.07) is 1.64. The zero-order valence-corrected chi connectivity index (χ0v) is 11.8. The summed E-state index contributed by atoms with van der Waals surface area (Å²) < 4.78 is 10.4. The molecule has 0 aliphatic heterocycles. The van der Waals surface area contributed by atoms with Gasteiger partial charge in [0.2, 0.25) is 5.89 Å². The molecule has 2 heterocycles. The van der Waals surface area contributed by atoms with Crippen LogP contribution in [0.5, 0.6) is 0 Å². The van der Waals surface area contributed by atoms with Crippen LogP contribution in [0.4, 0.5) is 5.82 Å². The second-order valence-corrected chi connectivity index (χ2v) is 4.42. The molecule has 0 atom stereocenters. The summed E-state index contributed by atoms with van der Waals surface area (Å²) in [5.41, 5.74) is 0.887. The molecule has 0 unspecified atom stereocenters. The van der Waals surface area contributed by atoms with Crippen molar-refractivity contribution in [3.05, 3.63) is 34.4 Å². The molecule has 2 aromatic heterocycles. The molecule has 0 radical (unpaired) electrons. The fraction of sp³-hybridized carbons (Fsp3) is 0.417. The van der Waals surface area contributed by atoms with Gasteiger partial charge in [0.15, 0.2) is 5.82 Å². The number of aromatic nitrogens is 3. The van der Waals surface area contributed by atoms with E-state index in [2.05, 4.69) is 20.3 Å². The molecule has 19 heavy (non-hydrogen) atoms. The summed E-state index contributed by atoms with van der Waals surface area (Å²) in [5.74, 6) is 2.56. The van der Waals surface area contributed by atoms with Crippen molar-refractivity contribution in [2.45, 2.75) is 27.0 Å². The molecule has 0 aliphatic carbocycles. The van der Waals surface area contributed by atoms with Crippen molar-refractivity contribution >= 4 is 17.4 Å². The predicted molar refractivity (Wildman–Crippen MR) is 71.1 cm³/mol. The molecule has 6 nitrogen and oxygen atoms in total. The Labute approximate surface area is 116 Å². The Hall–Kier alpha value is -1.66. The minimum Gasteiger partial charge on any atom is -0.444 e. The number of halogens is 1. The average Bonchev–Trinajstić information content (AvgIpc) is 2.66. The van der Waals surface area contributed by atoms with Crippen LogP contribution in [0, 0.1) is 13.8 Å². The molecule has 102 valence electrons. The standard InChI is InChI=1S/C12H15ClN4O2/c1-7-8(2)19-12(15-7)5-14-10-4-9(13)16-11(17-10)6-18-3/h4H,5-6H2,1-3H3,(H,14,16,17). The van der Waals surface area contributed by atoms with Gasteiger partial charge in [0, 0.05) is 13.2 Å². The number of nitrogens with one attached hydrogen (secondary N) is 1. The lowest BCUT2D eigenvalue weighted by Crippen LogP contribution is -2.05. The normalized spacial score (nSPS) is 10.7. The fourth-order valence-electron chi connectivity index (χ4n) is 1.53. The first-order valence-corrected chi connectivity index (χ1v) is 6.15. The van der Waals surface area contributed by atoms with Crippen LogP contribution in [-0.2, 0) is 17.9 Å². The van der Waals surface area contributed by atoms with Crippen LogP contribution in [0.25, 0.3) is 0 Å². The summed E-state index contributed by atoms with van der Waals surface area (Å²) in [4.78, 5) is 12.6. The fourth-order valence-corrected chi connectivity index (χ4v) is 1.73. The van der Waals surface area contributed by atoms with Crippen molar-refractivity contribution in [3.63, 3.8) is 0 Å². The van der Waals surface area contributed by atoms with Gasteiger partial charge in [-0.15, -0.1) is 0 Å². The molecule has 1 N–H and O–H groups in total. The quantitative estimate of drug-likeness (QED) is 0.850. The van der Waals surface area contributed by atoms with Crippen molar-refractivity contribution in [2.75, 3.05) is 12.4 Å². The molecule has 0 aromatic carbocycles. The van der Waals surface area contributed by atoms with Crippen LogP contribution in [0.2, 0.25) is 5.15 Å². The number of aryl methyl sites for hydroxylation is 2. The SMILES string of the molecule is COCc1nc(Cl)cc(NCc2nc(C)c(C)o2)n1. The van der Waals surface area contributed by atoms with E-state index in [0.29, 0.717) is 35.8 Å². The monoisotopic (exact) mass is 282 g/mol. The van der Waals surface area contributed by atoms with E-state index in [4.69, 9.17) is 20.8 Å². The van der Waals surface area contributed by atoms with Crippen molar-refractivity contribution in [1.29, 1.82) is 0 Å². The van der Waals surface area contributed by atoms with E-state index in [9.17, 15) is 0 Å². The molecule has 0 bridgehead atoms. The minimum atomic E-state index is 0.312. The van der Waals surface area contributed by atoms with Gasteiger partial charge in [-0.1, -0.05) is 11.6 Å². The number of hydrogen-bond donors (Lipinski definition) is 1. The Balaban J connectivity index is 2.06. The van der Waals surface area contributed by atoms with Crippen molar-refractivity contribution < 1.29 is 9.15 Å².